The van der Waals surface area contributed by atoms with E-state index in [1.54, 1.807) is 15.8 Å². The van der Waals surface area contributed by atoms with Crippen molar-refractivity contribution in [1.82, 2.24) is 23.8 Å². The number of amides is 1. The van der Waals surface area contributed by atoms with Gasteiger partial charge in [-0.05, 0) is 37.0 Å². The predicted molar refractivity (Wildman–Crippen MR) is 130 cm³/mol. The summed E-state index contributed by atoms with van der Waals surface area (Å²) in [4.78, 5) is 41.8. The molecule has 0 aliphatic carbocycles. The number of hydrogen-bond acceptors (Lipinski definition) is 4. The summed E-state index contributed by atoms with van der Waals surface area (Å²) in [6, 6.07) is 15.8. The molecule has 0 atom stereocenters. The van der Waals surface area contributed by atoms with Crippen molar-refractivity contribution in [2.45, 2.75) is 46.4 Å². The molecule has 0 N–H and O–H groups in total. The highest BCUT2D eigenvalue weighted by atomic mass is 16.2. The highest BCUT2D eigenvalue weighted by Gasteiger charge is 2.24. The average molecular weight is 458 g/mol. The molecule has 2 aromatic carbocycles. The molecule has 8 heteroatoms. The number of rotatable bonds is 5. The van der Waals surface area contributed by atoms with Crippen LogP contribution in [-0.2, 0) is 37.4 Å². The van der Waals surface area contributed by atoms with Crippen LogP contribution in [0.3, 0.4) is 0 Å². The summed E-state index contributed by atoms with van der Waals surface area (Å²) < 4.78 is 4.20. The number of carbonyl (C=O) groups excluding carboxylic acids is 1. The molecule has 3 heterocycles. The molecule has 4 aromatic rings. The van der Waals surface area contributed by atoms with Gasteiger partial charge in [0.25, 0.3) is 5.56 Å². The van der Waals surface area contributed by atoms with Crippen LogP contribution >= 0.6 is 0 Å². The summed E-state index contributed by atoms with van der Waals surface area (Å²) in [7, 11) is 0. The van der Waals surface area contributed by atoms with Crippen LogP contribution in [0.2, 0.25) is 0 Å². The molecule has 0 fully saturated rings. The third-order valence-electron chi connectivity index (χ3n) is 6.50. The molecular weight excluding hydrogens is 430 g/mol. The molecule has 1 amide bonds. The third kappa shape index (κ3) is 3.96. The van der Waals surface area contributed by atoms with Crippen LogP contribution in [0.5, 0.6) is 0 Å². The topological polar surface area (TPSA) is 82.1 Å². The highest BCUT2D eigenvalue weighted by Crippen LogP contribution is 2.19. The SMILES string of the molecule is CCn1cc2c(n1)c(=O)n(Cc1ccc(C)cc1)c(=O)n2CC(=O)N1CCc2ccccc2C1. The number of benzene rings is 2. The number of fused-ring (bicyclic) bond motifs is 2. The fraction of sp³-hybridized carbons (Fsp3) is 0.308. The van der Waals surface area contributed by atoms with E-state index >= 15 is 0 Å². The fourth-order valence-corrected chi connectivity index (χ4v) is 4.50. The van der Waals surface area contributed by atoms with Gasteiger partial charge in [0.15, 0.2) is 5.52 Å². The Bertz CT molecular complexity index is 1490. The van der Waals surface area contributed by atoms with Gasteiger partial charge in [-0.15, -0.1) is 0 Å². The maximum absolute atomic E-state index is 13.5. The van der Waals surface area contributed by atoms with Gasteiger partial charge >= 0.3 is 5.69 Å². The summed E-state index contributed by atoms with van der Waals surface area (Å²) in [5, 5.41) is 4.40. The molecular formula is C26H27N5O3. The Morgan fingerprint density at radius 1 is 1.00 bits per heavy atom. The standard InChI is InChI=1S/C26H27N5O3/c1-3-29-16-22-24(27-29)25(33)31(14-19-10-8-18(2)9-11-19)26(34)30(22)17-23(32)28-13-12-20-6-4-5-7-21(20)15-28/h4-11,16H,3,12-15,17H2,1-2H3. The molecule has 1 aliphatic heterocycles. The van der Waals surface area contributed by atoms with Gasteiger partial charge in [-0.2, -0.15) is 5.10 Å². The van der Waals surface area contributed by atoms with E-state index in [4.69, 9.17) is 0 Å². The minimum Gasteiger partial charge on any atom is -0.336 e. The van der Waals surface area contributed by atoms with E-state index < -0.39 is 11.2 Å². The Labute approximate surface area is 196 Å². The Morgan fingerprint density at radius 3 is 2.47 bits per heavy atom. The van der Waals surface area contributed by atoms with Crippen molar-refractivity contribution in [1.29, 1.82) is 0 Å². The molecule has 34 heavy (non-hydrogen) atoms. The van der Waals surface area contributed by atoms with Crippen LogP contribution in [0, 0.1) is 6.92 Å². The van der Waals surface area contributed by atoms with Gasteiger partial charge in [0.05, 0.1) is 12.1 Å². The Morgan fingerprint density at radius 2 is 1.74 bits per heavy atom. The summed E-state index contributed by atoms with van der Waals surface area (Å²) in [5.41, 5.74) is 3.96. The zero-order valence-electron chi connectivity index (χ0n) is 19.4. The molecule has 0 saturated carbocycles. The Balaban J connectivity index is 1.53. The molecule has 0 radical (unpaired) electrons. The van der Waals surface area contributed by atoms with E-state index in [1.165, 1.54) is 14.7 Å². The molecule has 0 unspecified atom stereocenters. The second-order valence-electron chi connectivity index (χ2n) is 8.80. The second-order valence-corrected chi connectivity index (χ2v) is 8.80. The van der Waals surface area contributed by atoms with Crippen LogP contribution in [0.15, 0.2) is 64.3 Å². The number of hydrogen-bond donors (Lipinski definition) is 0. The molecule has 2 aromatic heterocycles. The van der Waals surface area contributed by atoms with Gasteiger partial charge in [0.2, 0.25) is 5.91 Å². The quantitative estimate of drug-likeness (QED) is 0.461. The molecule has 8 nitrogen and oxygen atoms in total. The maximum Gasteiger partial charge on any atom is 0.332 e. The smallest absolute Gasteiger partial charge is 0.332 e. The minimum absolute atomic E-state index is 0.123. The van der Waals surface area contributed by atoms with Crippen molar-refractivity contribution >= 4 is 16.9 Å². The molecule has 0 spiro atoms. The zero-order valence-corrected chi connectivity index (χ0v) is 19.4. The van der Waals surface area contributed by atoms with Crippen LogP contribution in [0.4, 0.5) is 0 Å². The summed E-state index contributed by atoms with van der Waals surface area (Å²) in [6.07, 6.45) is 2.46. The van der Waals surface area contributed by atoms with E-state index in [9.17, 15) is 14.4 Å². The van der Waals surface area contributed by atoms with E-state index in [-0.39, 0.29) is 24.5 Å². The average Bonchev–Trinajstić information content (AvgIpc) is 3.30. The lowest BCUT2D eigenvalue weighted by atomic mass is 10.00. The van der Waals surface area contributed by atoms with Crippen LogP contribution < -0.4 is 11.2 Å². The van der Waals surface area contributed by atoms with Gasteiger partial charge in [-0.3, -0.25) is 23.4 Å². The maximum atomic E-state index is 13.5. The first-order valence-electron chi connectivity index (χ1n) is 11.6. The molecule has 1 aliphatic rings. The first kappa shape index (κ1) is 21.9. The van der Waals surface area contributed by atoms with Crippen molar-refractivity contribution in [3.8, 4) is 0 Å². The molecule has 0 bridgehead atoms. The molecule has 5 rings (SSSR count). The van der Waals surface area contributed by atoms with E-state index in [1.807, 2.05) is 56.3 Å². The second kappa shape index (κ2) is 8.78. The summed E-state index contributed by atoms with van der Waals surface area (Å²) >= 11 is 0. The van der Waals surface area contributed by atoms with E-state index in [2.05, 4.69) is 11.2 Å². The predicted octanol–water partition coefficient (Wildman–Crippen LogP) is 2.32. The van der Waals surface area contributed by atoms with Gasteiger partial charge in [-0.25, -0.2) is 4.79 Å². The van der Waals surface area contributed by atoms with E-state index in [0.717, 1.165) is 23.1 Å². The first-order chi connectivity index (χ1) is 16.4. The van der Waals surface area contributed by atoms with Gasteiger partial charge in [-0.1, -0.05) is 54.1 Å². The van der Waals surface area contributed by atoms with Crippen molar-refractivity contribution < 1.29 is 4.79 Å². The fourth-order valence-electron chi connectivity index (χ4n) is 4.50. The van der Waals surface area contributed by atoms with Crippen molar-refractivity contribution in [2.24, 2.45) is 0 Å². The van der Waals surface area contributed by atoms with Crippen molar-refractivity contribution in [3.05, 3.63) is 97.8 Å². The van der Waals surface area contributed by atoms with Crippen molar-refractivity contribution in [2.75, 3.05) is 6.54 Å². The van der Waals surface area contributed by atoms with Gasteiger partial charge < -0.3 is 4.90 Å². The van der Waals surface area contributed by atoms with Gasteiger partial charge in [0, 0.05) is 25.8 Å². The largest absolute Gasteiger partial charge is 0.336 e. The number of nitrogens with zero attached hydrogens (tertiary/aromatic N) is 5. The lowest BCUT2D eigenvalue weighted by molar-refractivity contribution is -0.132. The van der Waals surface area contributed by atoms with Crippen LogP contribution in [-0.4, -0.2) is 36.3 Å². The minimum atomic E-state index is -0.500. The number of carbonyl (C=O) groups is 1. The normalized spacial score (nSPS) is 13.3. The highest BCUT2D eigenvalue weighted by molar-refractivity contribution is 5.80. The van der Waals surface area contributed by atoms with E-state index in [0.29, 0.717) is 25.2 Å². The Kier molecular flexibility index (Phi) is 5.65. The van der Waals surface area contributed by atoms with Crippen LogP contribution in [0.25, 0.3) is 11.0 Å². The van der Waals surface area contributed by atoms with Gasteiger partial charge in [0.1, 0.15) is 6.54 Å². The van der Waals surface area contributed by atoms with Crippen LogP contribution in [0.1, 0.15) is 29.2 Å². The summed E-state index contributed by atoms with van der Waals surface area (Å²) in [6.45, 7) is 5.55. The molecule has 174 valence electrons. The number of aromatic nitrogens is 4. The molecule has 0 saturated heterocycles. The number of aryl methyl sites for hydroxylation is 2. The lowest BCUT2D eigenvalue weighted by Crippen LogP contribution is -2.44. The lowest BCUT2D eigenvalue weighted by Gasteiger charge is -2.29. The Hall–Kier alpha value is -3.94. The zero-order chi connectivity index (χ0) is 23.8. The summed E-state index contributed by atoms with van der Waals surface area (Å²) in [5.74, 6) is -0.150. The first-order valence-corrected chi connectivity index (χ1v) is 11.6. The monoisotopic (exact) mass is 457 g/mol. The third-order valence-corrected chi connectivity index (χ3v) is 6.50. The van der Waals surface area contributed by atoms with Crippen molar-refractivity contribution in [3.63, 3.8) is 0 Å².